The number of unbranched alkanes of at least 4 members (excludes halogenated alkanes) is 3. The standard InChI is InChI=1S/C31H54N2O14/c1-17(35)20(33-22(37)10-4-6-12-45-29(42)23-24(38)19(15-34)25(39)26(23)40)8-2-5-11-32-21(36)9-3-7-13-46-30(43)31(44)14-18-16-47-27(18)28(31)41/h18-20,23-30,34,38-44H,2-16H2,1H3,(H,32,36)(H,33,37)/t18?,19?,20-,23?,24?,25?,26+,27?,28?,29?,30?,31?/m0/s1. The lowest BCUT2D eigenvalue weighted by Crippen LogP contribution is -2.53. The van der Waals surface area contributed by atoms with Crippen molar-refractivity contribution in [2.45, 2.75) is 126 Å². The number of amides is 2. The first-order valence-electron chi connectivity index (χ1n) is 16.6. The van der Waals surface area contributed by atoms with Gasteiger partial charge in [-0.1, -0.05) is 0 Å². The molecule has 0 aromatic rings. The van der Waals surface area contributed by atoms with Gasteiger partial charge in [0, 0.05) is 44.4 Å². The number of Topliss-reactive ketones (excluding diaryl/α,β-unsaturated/α-hetero) is 1. The van der Waals surface area contributed by atoms with E-state index in [1.807, 2.05) is 0 Å². The van der Waals surface area contributed by atoms with Crippen molar-refractivity contribution in [1.29, 1.82) is 0 Å². The van der Waals surface area contributed by atoms with Crippen molar-refractivity contribution in [1.82, 2.24) is 10.6 Å². The molecule has 0 aromatic heterocycles. The van der Waals surface area contributed by atoms with Crippen LogP contribution < -0.4 is 10.6 Å². The van der Waals surface area contributed by atoms with Crippen LogP contribution in [0, 0.1) is 17.8 Å². The zero-order valence-corrected chi connectivity index (χ0v) is 27.0. The molecule has 1 aliphatic heterocycles. The molecule has 10 unspecified atom stereocenters. The van der Waals surface area contributed by atoms with E-state index in [0.29, 0.717) is 58.1 Å². The van der Waals surface area contributed by atoms with Gasteiger partial charge in [0.15, 0.2) is 18.4 Å². The Balaban J connectivity index is 1.18. The summed E-state index contributed by atoms with van der Waals surface area (Å²) in [5.74, 6) is -2.82. The van der Waals surface area contributed by atoms with Gasteiger partial charge in [-0.15, -0.1) is 0 Å². The number of hydrogen-bond donors (Lipinski definition) is 10. The van der Waals surface area contributed by atoms with Crippen LogP contribution in [0.25, 0.3) is 0 Å². The number of ether oxygens (including phenoxy) is 3. The van der Waals surface area contributed by atoms with Gasteiger partial charge in [0.25, 0.3) is 0 Å². The van der Waals surface area contributed by atoms with Crippen LogP contribution in [0.1, 0.15) is 71.1 Å². The first-order chi connectivity index (χ1) is 22.3. The highest BCUT2D eigenvalue weighted by Gasteiger charge is 2.60. The summed E-state index contributed by atoms with van der Waals surface area (Å²) in [6.07, 6.45) is -5.07. The highest BCUT2D eigenvalue weighted by molar-refractivity contribution is 5.87. The van der Waals surface area contributed by atoms with Crippen LogP contribution in [0.2, 0.25) is 0 Å². The van der Waals surface area contributed by atoms with Gasteiger partial charge in [0.1, 0.15) is 11.7 Å². The molecule has 0 radical (unpaired) electrons. The minimum absolute atomic E-state index is 0.00647. The summed E-state index contributed by atoms with van der Waals surface area (Å²) < 4.78 is 15.8. The molecule has 10 N–H and O–H groups in total. The summed E-state index contributed by atoms with van der Waals surface area (Å²) in [6, 6.07) is -0.658. The lowest BCUT2D eigenvalue weighted by Gasteiger charge is -2.34. The molecule has 12 atom stereocenters. The highest BCUT2D eigenvalue weighted by atomic mass is 16.6. The Morgan fingerprint density at radius 1 is 0.894 bits per heavy atom. The average Bonchev–Trinajstić information content (AvgIpc) is 3.33. The molecule has 47 heavy (non-hydrogen) atoms. The van der Waals surface area contributed by atoms with Crippen molar-refractivity contribution in [3.63, 3.8) is 0 Å². The van der Waals surface area contributed by atoms with Gasteiger partial charge < -0.3 is 65.7 Å². The molecule has 2 amide bonds. The van der Waals surface area contributed by atoms with E-state index >= 15 is 0 Å². The lowest BCUT2D eigenvalue weighted by molar-refractivity contribution is -0.245. The van der Waals surface area contributed by atoms with Gasteiger partial charge in [0.2, 0.25) is 11.8 Å². The summed E-state index contributed by atoms with van der Waals surface area (Å²) in [7, 11) is 0. The fraction of sp³-hybridized carbons (Fsp3) is 0.903. The first kappa shape index (κ1) is 39.6. The van der Waals surface area contributed by atoms with Crippen LogP contribution in [0.15, 0.2) is 0 Å². The number of rotatable bonds is 22. The second-order valence-electron chi connectivity index (χ2n) is 13.1. The molecule has 2 aliphatic carbocycles. The third kappa shape index (κ3) is 10.6. The van der Waals surface area contributed by atoms with Gasteiger partial charge in [-0.05, 0) is 58.3 Å². The van der Waals surface area contributed by atoms with Crippen molar-refractivity contribution < 1.29 is 69.4 Å². The number of fused-ring (bicyclic) bond motifs is 1. The zero-order valence-electron chi connectivity index (χ0n) is 27.0. The van der Waals surface area contributed by atoms with Crippen LogP contribution in [0.3, 0.4) is 0 Å². The van der Waals surface area contributed by atoms with Gasteiger partial charge >= 0.3 is 0 Å². The molecule has 1 heterocycles. The number of aliphatic hydroxyl groups is 8. The Kier molecular flexibility index (Phi) is 15.8. The third-order valence-electron chi connectivity index (χ3n) is 9.59. The van der Waals surface area contributed by atoms with Crippen molar-refractivity contribution in [3.8, 4) is 0 Å². The minimum Gasteiger partial charge on any atom is -0.396 e. The molecule has 2 saturated carbocycles. The number of ketones is 1. The van der Waals surface area contributed by atoms with Crippen molar-refractivity contribution in [3.05, 3.63) is 0 Å². The molecular weight excluding hydrogens is 624 g/mol. The average molecular weight is 679 g/mol. The molecule has 0 bridgehead atoms. The molecule has 16 heteroatoms. The predicted octanol–water partition coefficient (Wildman–Crippen LogP) is -2.81. The molecule has 3 rings (SSSR count). The maximum Gasteiger partial charge on any atom is 0.220 e. The van der Waals surface area contributed by atoms with Crippen LogP contribution in [-0.2, 0) is 28.6 Å². The lowest BCUT2D eigenvalue weighted by atomic mass is 9.98. The molecule has 1 saturated heterocycles. The third-order valence-corrected chi connectivity index (χ3v) is 9.59. The summed E-state index contributed by atoms with van der Waals surface area (Å²) in [6.45, 7) is 1.82. The predicted molar refractivity (Wildman–Crippen MR) is 162 cm³/mol. The topological polar surface area (TPSA) is 265 Å². The fourth-order valence-corrected chi connectivity index (χ4v) is 6.53. The van der Waals surface area contributed by atoms with Crippen LogP contribution in [-0.4, -0.2) is 146 Å². The Hall–Kier alpha value is -1.83. The molecule has 0 spiro atoms. The summed E-state index contributed by atoms with van der Waals surface area (Å²) in [4.78, 5) is 36.5. The number of carbonyl (C=O) groups excluding carboxylic acids is 3. The zero-order chi connectivity index (χ0) is 34.7. The molecule has 16 nitrogen and oxygen atoms in total. The quantitative estimate of drug-likeness (QED) is 0.0409. The van der Waals surface area contributed by atoms with E-state index in [-0.39, 0.29) is 56.0 Å². The number of aliphatic hydroxyl groups excluding tert-OH is 7. The van der Waals surface area contributed by atoms with E-state index < -0.39 is 73.2 Å². The normalized spacial score (nSPS) is 33.5. The summed E-state index contributed by atoms with van der Waals surface area (Å²) in [5.41, 5.74) is -1.76. The van der Waals surface area contributed by atoms with E-state index in [1.54, 1.807) is 0 Å². The van der Waals surface area contributed by atoms with Gasteiger partial charge in [-0.3, -0.25) is 14.4 Å². The smallest absolute Gasteiger partial charge is 0.220 e. The van der Waals surface area contributed by atoms with E-state index in [2.05, 4.69) is 10.6 Å². The van der Waals surface area contributed by atoms with Gasteiger partial charge in [0.05, 0.1) is 49.6 Å². The van der Waals surface area contributed by atoms with Crippen LogP contribution >= 0.6 is 0 Å². The maximum absolute atomic E-state index is 12.4. The molecular formula is C31H54N2O14. The van der Waals surface area contributed by atoms with Crippen molar-refractivity contribution >= 4 is 17.6 Å². The highest BCUT2D eigenvalue weighted by Crippen LogP contribution is 2.44. The van der Waals surface area contributed by atoms with Crippen molar-refractivity contribution in [2.24, 2.45) is 17.8 Å². The Morgan fingerprint density at radius 3 is 2.11 bits per heavy atom. The fourth-order valence-electron chi connectivity index (χ4n) is 6.53. The second-order valence-corrected chi connectivity index (χ2v) is 13.1. The van der Waals surface area contributed by atoms with Gasteiger partial charge in [-0.25, -0.2) is 0 Å². The number of carbonyl (C=O) groups is 3. The van der Waals surface area contributed by atoms with E-state index in [1.165, 1.54) is 6.92 Å². The summed E-state index contributed by atoms with van der Waals surface area (Å²) >= 11 is 0. The van der Waals surface area contributed by atoms with Crippen LogP contribution in [0.5, 0.6) is 0 Å². The molecule has 3 aliphatic rings. The Morgan fingerprint density at radius 2 is 1.55 bits per heavy atom. The monoisotopic (exact) mass is 678 g/mol. The number of nitrogens with one attached hydrogen (secondary N) is 2. The second kappa shape index (κ2) is 18.8. The largest absolute Gasteiger partial charge is 0.396 e. The first-order valence-corrected chi connectivity index (χ1v) is 16.6. The molecule has 0 aromatic carbocycles. The van der Waals surface area contributed by atoms with Gasteiger partial charge in [-0.2, -0.15) is 0 Å². The molecule has 272 valence electrons. The molecule has 3 fully saturated rings. The van der Waals surface area contributed by atoms with E-state index in [9.17, 15) is 55.2 Å². The van der Waals surface area contributed by atoms with Crippen LogP contribution in [0.4, 0.5) is 0 Å². The maximum atomic E-state index is 12.4. The Labute approximate surface area is 274 Å². The summed E-state index contributed by atoms with van der Waals surface area (Å²) in [5, 5.41) is 86.1. The van der Waals surface area contributed by atoms with Crippen molar-refractivity contribution in [2.75, 3.05) is 33.0 Å². The Bertz CT molecular complexity index is 1010. The SMILES string of the molecule is CC(=O)[C@H](CCCCNC(=O)CCCCOC(O)C1(O)CC2COC2C1O)NC(=O)CCCCOC(O)C1C(O)C(CO)C(O)[C@@H]1O. The minimum atomic E-state index is -1.76. The number of hydrogen-bond acceptors (Lipinski definition) is 14. The van der Waals surface area contributed by atoms with E-state index in [0.717, 1.165) is 0 Å². The van der Waals surface area contributed by atoms with E-state index in [4.69, 9.17) is 14.2 Å².